The summed E-state index contributed by atoms with van der Waals surface area (Å²) in [6.07, 6.45) is -4.18. The summed E-state index contributed by atoms with van der Waals surface area (Å²) in [5.74, 6) is -0.268. The van der Waals surface area contributed by atoms with Crippen molar-refractivity contribution in [1.82, 2.24) is 0 Å². The van der Waals surface area contributed by atoms with Crippen molar-refractivity contribution in [1.29, 1.82) is 5.26 Å². The molecule has 19 heavy (non-hydrogen) atoms. The van der Waals surface area contributed by atoms with Crippen LogP contribution in [-0.2, 0) is 6.18 Å². The van der Waals surface area contributed by atoms with Gasteiger partial charge in [-0.2, -0.15) is 18.4 Å². The van der Waals surface area contributed by atoms with Crippen molar-refractivity contribution >= 4 is 5.69 Å². The summed E-state index contributed by atoms with van der Waals surface area (Å²) in [7, 11) is 0. The maximum atomic E-state index is 12.8. The fourth-order valence-corrected chi connectivity index (χ4v) is 1.37. The summed E-state index contributed by atoms with van der Waals surface area (Å²) in [6.45, 7) is 3.43. The molecule has 104 valence electrons. The summed E-state index contributed by atoms with van der Waals surface area (Å²) in [5.41, 5.74) is 3.84. The number of rotatable bonds is 4. The molecular weight excluding hydrogens is 257 g/mol. The van der Waals surface area contributed by atoms with Gasteiger partial charge in [0.15, 0.2) is 0 Å². The highest BCUT2D eigenvalue weighted by Crippen LogP contribution is 2.37. The van der Waals surface area contributed by atoms with E-state index < -0.39 is 17.2 Å². The Balaban J connectivity index is 2.83. The number of alkyl halides is 3. The van der Waals surface area contributed by atoms with E-state index in [4.69, 9.17) is 15.7 Å². The molecule has 0 spiro atoms. The average Bonchev–Trinajstić information content (AvgIpc) is 2.29. The van der Waals surface area contributed by atoms with Gasteiger partial charge < -0.3 is 10.5 Å². The molecule has 0 radical (unpaired) electrons. The topological polar surface area (TPSA) is 59.0 Å². The SMILES string of the molecule is CC(C)(C#N)CCOc1ccc(N)cc1C(F)(F)F. The van der Waals surface area contributed by atoms with Crippen LogP contribution in [0.15, 0.2) is 18.2 Å². The summed E-state index contributed by atoms with van der Waals surface area (Å²) >= 11 is 0. The molecule has 0 saturated heterocycles. The van der Waals surface area contributed by atoms with Crippen LogP contribution in [0.3, 0.4) is 0 Å². The van der Waals surface area contributed by atoms with Gasteiger partial charge in [0.25, 0.3) is 0 Å². The Bertz CT molecular complexity index is 490. The third-order valence-corrected chi connectivity index (χ3v) is 2.60. The van der Waals surface area contributed by atoms with Crippen LogP contribution in [0.4, 0.5) is 18.9 Å². The van der Waals surface area contributed by atoms with Crippen molar-refractivity contribution in [2.24, 2.45) is 5.41 Å². The van der Waals surface area contributed by atoms with E-state index >= 15 is 0 Å². The van der Waals surface area contributed by atoms with Crippen LogP contribution < -0.4 is 10.5 Å². The lowest BCUT2D eigenvalue weighted by molar-refractivity contribution is -0.138. The second kappa shape index (κ2) is 5.39. The van der Waals surface area contributed by atoms with E-state index in [1.165, 1.54) is 12.1 Å². The molecule has 1 aromatic rings. The molecule has 1 aromatic carbocycles. The van der Waals surface area contributed by atoms with Crippen molar-refractivity contribution in [3.05, 3.63) is 23.8 Å². The zero-order valence-corrected chi connectivity index (χ0v) is 10.7. The molecule has 0 aliphatic rings. The molecule has 0 amide bonds. The Morgan fingerprint density at radius 3 is 2.47 bits per heavy atom. The molecule has 0 aliphatic heterocycles. The molecule has 3 nitrogen and oxygen atoms in total. The van der Waals surface area contributed by atoms with Gasteiger partial charge in [-0.05, 0) is 38.5 Å². The molecule has 0 atom stereocenters. The lowest BCUT2D eigenvalue weighted by Gasteiger charge is -2.18. The fraction of sp³-hybridized carbons (Fsp3) is 0.462. The van der Waals surface area contributed by atoms with Crippen molar-refractivity contribution < 1.29 is 17.9 Å². The van der Waals surface area contributed by atoms with Gasteiger partial charge >= 0.3 is 6.18 Å². The van der Waals surface area contributed by atoms with Gasteiger partial charge in [-0.15, -0.1) is 0 Å². The Kier molecular flexibility index (Phi) is 4.30. The number of halogens is 3. The van der Waals surface area contributed by atoms with Gasteiger partial charge in [0.05, 0.1) is 23.7 Å². The maximum absolute atomic E-state index is 12.8. The molecular formula is C13H15F3N2O. The monoisotopic (exact) mass is 272 g/mol. The number of ether oxygens (including phenoxy) is 1. The first-order chi connectivity index (χ1) is 8.65. The Morgan fingerprint density at radius 1 is 1.32 bits per heavy atom. The highest BCUT2D eigenvalue weighted by atomic mass is 19.4. The second-order valence-electron chi connectivity index (χ2n) is 4.85. The van der Waals surface area contributed by atoms with Crippen LogP contribution in [0.1, 0.15) is 25.8 Å². The second-order valence-corrected chi connectivity index (χ2v) is 4.85. The average molecular weight is 272 g/mol. The number of nitrogens with two attached hydrogens (primary N) is 1. The first-order valence-electron chi connectivity index (χ1n) is 5.66. The molecule has 0 unspecified atom stereocenters. The first-order valence-corrected chi connectivity index (χ1v) is 5.66. The van der Waals surface area contributed by atoms with Crippen LogP contribution in [0.2, 0.25) is 0 Å². The van der Waals surface area contributed by atoms with Crippen molar-refractivity contribution in [2.75, 3.05) is 12.3 Å². The van der Waals surface area contributed by atoms with Gasteiger partial charge in [0.1, 0.15) is 5.75 Å². The molecule has 0 saturated carbocycles. The van der Waals surface area contributed by atoms with Crippen LogP contribution >= 0.6 is 0 Å². The standard InChI is InChI=1S/C13H15F3N2O/c1-12(2,8-17)5-6-19-11-4-3-9(18)7-10(11)13(14,15)16/h3-4,7H,5-6,18H2,1-2H3. The van der Waals surface area contributed by atoms with Crippen molar-refractivity contribution in [3.8, 4) is 11.8 Å². The Hall–Kier alpha value is -1.90. The van der Waals surface area contributed by atoms with E-state index in [1.54, 1.807) is 13.8 Å². The predicted molar refractivity (Wildman–Crippen MR) is 65.4 cm³/mol. The van der Waals surface area contributed by atoms with E-state index in [9.17, 15) is 13.2 Å². The number of nitriles is 1. The van der Waals surface area contributed by atoms with E-state index in [0.29, 0.717) is 6.42 Å². The molecule has 6 heteroatoms. The Labute approximate surface area is 109 Å². The number of hydrogen-bond acceptors (Lipinski definition) is 3. The normalized spacial score (nSPS) is 12.0. The van der Waals surface area contributed by atoms with E-state index in [2.05, 4.69) is 6.07 Å². The number of nitrogen functional groups attached to an aromatic ring is 1. The van der Waals surface area contributed by atoms with E-state index in [0.717, 1.165) is 6.07 Å². The number of benzene rings is 1. The zero-order chi connectivity index (χ0) is 14.7. The number of hydrogen-bond donors (Lipinski definition) is 1. The molecule has 0 aliphatic carbocycles. The van der Waals surface area contributed by atoms with E-state index in [-0.39, 0.29) is 18.0 Å². The third-order valence-electron chi connectivity index (χ3n) is 2.60. The van der Waals surface area contributed by atoms with Gasteiger partial charge in [0.2, 0.25) is 0 Å². The van der Waals surface area contributed by atoms with Crippen LogP contribution in [0.5, 0.6) is 5.75 Å². The van der Waals surface area contributed by atoms with Gasteiger partial charge in [-0.1, -0.05) is 0 Å². The number of nitrogens with zero attached hydrogens (tertiary/aromatic N) is 1. The Morgan fingerprint density at radius 2 is 1.95 bits per heavy atom. The van der Waals surface area contributed by atoms with Gasteiger partial charge in [0, 0.05) is 5.69 Å². The minimum atomic E-state index is -4.52. The largest absolute Gasteiger partial charge is 0.493 e. The molecule has 0 bridgehead atoms. The smallest absolute Gasteiger partial charge is 0.420 e. The zero-order valence-electron chi connectivity index (χ0n) is 10.7. The van der Waals surface area contributed by atoms with Gasteiger partial charge in [-0.3, -0.25) is 0 Å². The summed E-state index contributed by atoms with van der Waals surface area (Å²) in [4.78, 5) is 0. The maximum Gasteiger partial charge on any atom is 0.420 e. The van der Waals surface area contributed by atoms with Crippen molar-refractivity contribution in [2.45, 2.75) is 26.4 Å². The predicted octanol–water partition coefficient (Wildman–Crippen LogP) is 3.61. The van der Waals surface area contributed by atoms with Crippen LogP contribution in [0.25, 0.3) is 0 Å². The lowest BCUT2D eigenvalue weighted by Crippen LogP contribution is -2.15. The molecule has 1 rings (SSSR count). The van der Waals surface area contributed by atoms with Crippen molar-refractivity contribution in [3.63, 3.8) is 0 Å². The quantitative estimate of drug-likeness (QED) is 0.852. The highest BCUT2D eigenvalue weighted by Gasteiger charge is 2.34. The van der Waals surface area contributed by atoms with E-state index in [1.807, 2.05) is 0 Å². The van der Waals surface area contributed by atoms with Crippen LogP contribution in [-0.4, -0.2) is 6.61 Å². The molecule has 0 fully saturated rings. The highest BCUT2D eigenvalue weighted by molar-refractivity contribution is 5.49. The number of anilines is 1. The summed E-state index contributed by atoms with van der Waals surface area (Å²) in [6, 6.07) is 5.44. The molecule has 2 N–H and O–H groups in total. The summed E-state index contributed by atoms with van der Waals surface area (Å²) < 4.78 is 43.4. The minimum absolute atomic E-state index is 0.0250. The molecule has 0 aromatic heterocycles. The molecule has 0 heterocycles. The summed E-state index contributed by atoms with van der Waals surface area (Å²) in [5, 5.41) is 8.81. The fourth-order valence-electron chi connectivity index (χ4n) is 1.37. The lowest BCUT2D eigenvalue weighted by atomic mass is 9.92. The third kappa shape index (κ3) is 4.36. The first kappa shape index (κ1) is 15.2. The minimum Gasteiger partial charge on any atom is -0.493 e. The van der Waals surface area contributed by atoms with Crippen LogP contribution in [0, 0.1) is 16.7 Å². The van der Waals surface area contributed by atoms with Gasteiger partial charge in [-0.25, -0.2) is 0 Å².